The minimum Gasteiger partial charge on any atom is -0.335 e. The number of sulfonamides is 1. The molecule has 2 aromatic carbocycles. The van der Waals surface area contributed by atoms with Gasteiger partial charge in [-0.25, -0.2) is 13.3 Å². The molecule has 7 heteroatoms. The maximum atomic E-state index is 11.7. The van der Waals surface area contributed by atoms with Crippen LogP contribution in [0.5, 0.6) is 0 Å². The fourth-order valence-electron chi connectivity index (χ4n) is 3.51. The largest absolute Gasteiger partial charge is 0.335 e. The van der Waals surface area contributed by atoms with E-state index in [1.807, 2.05) is 61.7 Å². The van der Waals surface area contributed by atoms with Gasteiger partial charge in [0.1, 0.15) is 0 Å². The molecular formula is C21H20ClN3O2S. The first kappa shape index (κ1) is 20.0. The van der Waals surface area contributed by atoms with Crippen molar-refractivity contribution >= 4 is 38.2 Å². The van der Waals surface area contributed by atoms with E-state index in [0.717, 1.165) is 22.7 Å². The number of anilines is 1. The first-order chi connectivity index (χ1) is 13.3. The predicted molar refractivity (Wildman–Crippen MR) is 115 cm³/mol. The number of aromatic nitrogens is 1. The Morgan fingerprint density at radius 3 is 2.54 bits per heavy atom. The summed E-state index contributed by atoms with van der Waals surface area (Å²) in [5.41, 5.74) is 1.76. The van der Waals surface area contributed by atoms with Crippen LogP contribution in [0.2, 0.25) is 5.02 Å². The molecule has 1 N–H and O–H groups in total. The standard InChI is InChI=1S/C21H20ClN3O2S/c1-4-21(13-14-23-2,16-8-10-17(22)11-9-16)25-15-12-18-19(24-28(3,26)27)6-5-7-20(18)25/h5-15,24H,4H2,1,3H3/b14-13+. The van der Waals surface area contributed by atoms with Crippen molar-refractivity contribution in [1.82, 2.24) is 4.57 Å². The van der Waals surface area contributed by atoms with Crippen LogP contribution in [0.1, 0.15) is 18.9 Å². The number of allylic oxidation sites excluding steroid dienone is 1. The van der Waals surface area contributed by atoms with Crippen LogP contribution >= 0.6 is 11.6 Å². The molecule has 3 aromatic rings. The van der Waals surface area contributed by atoms with Crippen molar-refractivity contribution in [2.75, 3.05) is 11.0 Å². The second kappa shape index (κ2) is 7.70. The number of hydrogen-bond acceptors (Lipinski definition) is 2. The van der Waals surface area contributed by atoms with Gasteiger partial charge in [0.05, 0.1) is 29.6 Å². The highest BCUT2D eigenvalue weighted by atomic mass is 35.5. The zero-order valence-electron chi connectivity index (χ0n) is 15.6. The van der Waals surface area contributed by atoms with E-state index in [0.29, 0.717) is 17.1 Å². The van der Waals surface area contributed by atoms with Gasteiger partial charge in [-0.3, -0.25) is 4.72 Å². The monoisotopic (exact) mass is 413 g/mol. The number of nitrogens with one attached hydrogen (secondary N) is 1. The van der Waals surface area contributed by atoms with Gasteiger partial charge in [0.25, 0.3) is 0 Å². The Labute approximate surface area is 170 Å². The van der Waals surface area contributed by atoms with Crippen LogP contribution < -0.4 is 4.72 Å². The Morgan fingerprint density at radius 2 is 1.93 bits per heavy atom. The average Bonchev–Trinajstić information content (AvgIpc) is 3.09. The summed E-state index contributed by atoms with van der Waals surface area (Å²) in [6.07, 6.45) is 7.08. The topological polar surface area (TPSA) is 55.5 Å². The molecule has 0 aliphatic rings. The maximum Gasteiger partial charge on any atom is 0.229 e. The SMILES string of the molecule is [C-]#[N+]/C=C/C(CC)(c1ccc(Cl)cc1)n1ccc2c(NS(C)(=O)=O)cccc21. The Bertz CT molecular complexity index is 1170. The molecule has 5 nitrogen and oxygen atoms in total. The summed E-state index contributed by atoms with van der Waals surface area (Å²) < 4.78 is 28.1. The van der Waals surface area contributed by atoms with Crippen LogP contribution in [0, 0.1) is 6.57 Å². The van der Waals surface area contributed by atoms with E-state index in [2.05, 4.69) is 14.1 Å². The highest BCUT2D eigenvalue weighted by Crippen LogP contribution is 2.37. The molecule has 0 fully saturated rings. The van der Waals surface area contributed by atoms with Crippen LogP contribution in [0.3, 0.4) is 0 Å². The highest BCUT2D eigenvalue weighted by molar-refractivity contribution is 7.92. The molecule has 0 aliphatic carbocycles. The summed E-state index contributed by atoms with van der Waals surface area (Å²) in [4.78, 5) is 3.41. The van der Waals surface area contributed by atoms with Gasteiger partial charge in [0.15, 0.2) is 6.20 Å². The summed E-state index contributed by atoms with van der Waals surface area (Å²) >= 11 is 6.07. The van der Waals surface area contributed by atoms with Gasteiger partial charge in [0.2, 0.25) is 10.0 Å². The van der Waals surface area contributed by atoms with Crippen molar-refractivity contribution in [1.29, 1.82) is 0 Å². The Kier molecular flexibility index (Phi) is 5.50. The van der Waals surface area contributed by atoms with Crippen LogP contribution in [0.15, 0.2) is 67.0 Å². The lowest BCUT2D eigenvalue weighted by molar-refractivity contribution is 0.446. The van der Waals surface area contributed by atoms with Crippen molar-refractivity contribution in [2.45, 2.75) is 18.9 Å². The molecule has 1 aromatic heterocycles. The molecule has 1 heterocycles. The van der Waals surface area contributed by atoms with Crippen molar-refractivity contribution < 1.29 is 8.42 Å². The van der Waals surface area contributed by atoms with E-state index in [1.54, 1.807) is 6.07 Å². The lowest BCUT2D eigenvalue weighted by Gasteiger charge is -2.34. The molecule has 0 aliphatic heterocycles. The lowest BCUT2D eigenvalue weighted by Crippen LogP contribution is -2.31. The Morgan fingerprint density at radius 1 is 1.21 bits per heavy atom. The lowest BCUT2D eigenvalue weighted by atomic mass is 9.86. The number of halogens is 1. The zero-order chi connectivity index (χ0) is 20.4. The third-order valence-corrected chi connectivity index (χ3v) is 5.61. The van der Waals surface area contributed by atoms with Crippen LogP contribution in [-0.2, 0) is 15.6 Å². The molecule has 1 atom stereocenters. The fraction of sp³-hybridized carbons (Fsp3) is 0.190. The van der Waals surface area contributed by atoms with Crippen LogP contribution in [0.4, 0.5) is 5.69 Å². The van der Waals surface area contributed by atoms with Gasteiger partial charge in [-0.05, 0) is 42.3 Å². The van der Waals surface area contributed by atoms with Gasteiger partial charge >= 0.3 is 0 Å². The minimum absolute atomic E-state index is 0.522. The van der Waals surface area contributed by atoms with Crippen LogP contribution in [0.25, 0.3) is 15.7 Å². The first-order valence-corrected chi connectivity index (χ1v) is 11.0. The summed E-state index contributed by atoms with van der Waals surface area (Å²) in [5.74, 6) is 0. The second-order valence-corrected chi connectivity index (χ2v) is 8.71. The third kappa shape index (κ3) is 3.77. The molecule has 0 saturated heterocycles. The van der Waals surface area contributed by atoms with Gasteiger partial charge in [-0.1, -0.05) is 42.8 Å². The van der Waals surface area contributed by atoms with E-state index in [9.17, 15) is 8.42 Å². The molecule has 0 radical (unpaired) electrons. The second-order valence-electron chi connectivity index (χ2n) is 6.53. The first-order valence-electron chi connectivity index (χ1n) is 8.69. The number of hydrogen-bond donors (Lipinski definition) is 1. The summed E-state index contributed by atoms with van der Waals surface area (Å²) in [6, 6.07) is 14.9. The number of rotatable bonds is 6. The van der Waals surface area contributed by atoms with Gasteiger partial charge in [-0.15, -0.1) is 0 Å². The van der Waals surface area contributed by atoms with E-state index in [-0.39, 0.29) is 0 Å². The maximum absolute atomic E-state index is 11.7. The normalized spacial score (nSPS) is 14.1. The van der Waals surface area contributed by atoms with E-state index >= 15 is 0 Å². The molecule has 0 saturated carbocycles. The summed E-state index contributed by atoms with van der Waals surface area (Å²) in [5, 5.41) is 1.43. The van der Waals surface area contributed by atoms with Crippen molar-refractivity contribution in [2.24, 2.45) is 0 Å². The van der Waals surface area contributed by atoms with E-state index in [4.69, 9.17) is 18.2 Å². The Hall–Kier alpha value is -2.75. The minimum atomic E-state index is -3.40. The average molecular weight is 414 g/mol. The molecule has 1 unspecified atom stereocenters. The van der Waals surface area contributed by atoms with Crippen molar-refractivity contribution in [3.05, 3.63) is 89.0 Å². The quantitative estimate of drug-likeness (QED) is 0.561. The van der Waals surface area contributed by atoms with Crippen LogP contribution in [-0.4, -0.2) is 19.2 Å². The smallest absolute Gasteiger partial charge is 0.229 e. The van der Waals surface area contributed by atoms with Gasteiger partial charge in [0, 0.05) is 16.6 Å². The fourth-order valence-corrected chi connectivity index (χ4v) is 4.21. The van der Waals surface area contributed by atoms with Crippen molar-refractivity contribution in [3.8, 4) is 0 Å². The van der Waals surface area contributed by atoms with E-state index in [1.165, 1.54) is 6.20 Å². The molecule has 28 heavy (non-hydrogen) atoms. The van der Waals surface area contributed by atoms with E-state index < -0.39 is 15.6 Å². The Balaban J connectivity index is 2.28. The molecule has 0 bridgehead atoms. The molecule has 0 spiro atoms. The molecular weight excluding hydrogens is 394 g/mol. The van der Waals surface area contributed by atoms with Crippen molar-refractivity contribution in [3.63, 3.8) is 0 Å². The number of benzene rings is 2. The third-order valence-electron chi connectivity index (χ3n) is 4.77. The summed E-state index contributed by atoms with van der Waals surface area (Å²) in [6.45, 7) is 9.26. The van der Waals surface area contributed by atoms with Gasteiger partial charge in [-0.2, -0.15) is 0 Å². The van der Waals surface area contributed by atoms with Gasteiger partial charge < -0.3 is 4.57 Å². The number of fused-ring (bicyclic) bond motifs is 1. The zero-order valence-corrected chi connectivity index (χ0v) is 17.1. The molecule has 3 rings (SSSR count). The highest BCUT2D eigenvalue weighted by Gasteiger charge is 2.30. The number of nitrogens with zero attached hydrogens (tertiary/aromatic N) is 2. The molecule has 144 valence electrons. The predicted octanol–water partition coefficient (Wildman–Crippen LogP) is 5.25. The summed E-state index contributed by atoms with van der Waals surface area (Å²) in [7, 11) is -3.40. The molecule has 0 amide bonds.